The van der Waals surface area contributed by atoms with Gasteiger partial charge < -0.3 is 10.4 Å². The molecule has 6 heteroatoms. The topological polar surface area (TPSA) is 66.4 Å². The van der Waals surface area contributed by atoms with Crippen molar-refractivity contribution in [2.45, 2.75) is 38.9 Å². The second kappa shape index (κ2) is 6.89. The lowest BCUT2D eigenvalue weighted by Crippen LogP contribution is -2.31. The highest BCUT2D eigenvalue weighted by Gasteiger charge is 2.36. The van der Waals surface area contributed by atoms with E-state index < -0.39 is 22.7 Å². The van der Waals surface area contributed by atoms with E-state index in [1.807, 2.05) is 26.8 Å². The molecule has 1 aliphatic rings. The summed E-state index contributed by atoms with van der Waals surface area (Å²) in [5.74, 6) is -1.60. The van der Waals surface area contributed by atoms with Gasteiger partial charge in [0.25, 0.3) is 0 Å². The van der Waals surface area contributed by atoms with E-state index in [1.165, 1.54) is 0 Å². The molecule has 0 aliphatic carbocycles. The lowest BCUT2D eigenvalue weighted by atomic mass is 9.86. The van der Waals surface area contributed by atoms with Gasteiger partial charge in [-0.1, -0.05) is 37.6 Å². The molecule has 0 radical (unpaired) electrons. The molecule has 0 spiro atoms. The van der Waals surface area contributed by atoms with Gasteiger partial charge in [0.15, 0.2) is 0 Å². The summed E-state index contributed by atoms with van der Waals surface area (Å²) in [6.45, 7) is 7.27. The number of dihydropyridines is 1. The average Bonchev–Trinajstić information content (AvgIpc) is 2.45. The van der Waals surface area contributed by atoms with Gasteiger partial charge in [-0.25, -0.2) is 4.79 Å². The summed E-state index contributed by atoms with van der Waals surface area (Å²) in [5, 5.41) is 13.2. The Hall–Kier alpha value is -1.59. The first kappa shape index (κ1) is 17.8. The number of carbonyl (C=O) groups is 1. The van der Waals surface area contributed by atoms with Crippen LogP contribution in [0.3, 0.4) is 0 Å². The third-order valence-corrected chi connectivity index (χ3v) is 5.82. The molecule has 1 heterocycles. The molecule has 0 bridgehead atoms. The molecule has 2 atom stereocenters. The van der Waals surface area contributed by atoms with Crippen molar-refractivity contribution in [3.05, 3.63) is 56.7 Å². The molecule has 0 saturated heterocycles. The Morgan fingerprint density at radius 1 is 1.30 bits per heavy atom. The van der Waals surface area contributed by atoms with Crippen molar-refractivity contribution < 1.29 is 14.1 Å². The van der Waals surface area contributed by atoms with Gasteiger partial charge >= 0.3 is 5.97 Å². The molecular weight excluding hydrogens is 334 g/mol. The van der Waals surface area contributed by atoms with E-state index in [9.17, 15) is 14.1 Å². The number of aliphatic carboxylic acids is 1. The first-order valence-corrected chi connectivity index (χ1v) is 8.91. The van der Waals surface area contributed by atoms with Crippen LogP contribution in [-0.2, 0) is 15.6 Å². The molecule has 1 aromatic carbocycles. The molecule has 1 aromatic rings. The lowest BCUT2D eigenvalue weighted by molar-refractivity contribution is -0.133. The number of carboxylic acid groups (broad SMARTS) is 1. The van der Waals surface area contributed by atoms with E-state index >= 15 is 0 Å². The fourth-order valence-electron chi connectivity index (χ4n) is 2.78. The highest BCUT2D eigenvalue weighted by Crippen LogP contribution is 2.41. The van der Waals surface area contributed by atoms with E-state index in [0.29, 0.717) is 15.6 Å². The van der Waals surface area contributed by atoms with Gasteiger partial charge in [-0.05, 0) is 31.5 Å². The molecule has 1 aliphatic heterocycles. The standard InChI is InChI=1S/C17H20ClNO3S/c1-9(2)23(22)16-11(4)19-10(3)14(17(20)21)15(16)12-6-5-7-13(18)8-12/h5-9,15,19H,1-4H3,(H,20,21). The summed E-state index contributed by atoms with van der Waals surface area (Å²) in [5.41, 5.74) is 2.25. The van der Waals surface area contributed by atoms with Gasteiger partial charge in [-0.3, -0.25) is 4.21 Å². The van der Waals surface area contributed by atoms with Gasteiger partial charge in [0, 0.05) is 26.6 Å². The highest BCUT2D eigenvalue weighted by atomic mass is 35.5. The van der Waals surface area contributed by atoms with Crippen LogP contribution in [0.4, 0.5) is 0 Å². The average molecular weight is 354 g/mol. The van der Waals surface area contributed by atoms with Crippen LogP contribution in [0.15, 0.2) is 46.1 Å². The van der Waals surface area contributed by atoms with Gasteiger partial charge in [0.1, 0.15) is 0 Å². The Labute approximate surface area is 143 Å². The van der Waals surface area contributed by atoms with Crippen LogP contribution in [0.1, 0.15) is 39.2 Å². The summed E-state index contributed by atoms with van der Waals surface area (Å²) >= 11 is 6.08. The minimum Gasteiger partial charge on any atom is -0.478 e. The molecule has 2 rings (SSSR count). The fourth-order valence-corrected chi connectivity index (χ4v) is 4.33. The molecule has 0 amide bonds. The summed E-state index contributed by atoms with van der Waals surface area (Å²) in [6, 6.07) is 7.07. The zero-order valence-electron chi connectivity index (χ0n) is 13.5. The van der Waals surface area contributed by atoms with Crippen LogP contribution in [0.2, 0.25) is 5.02 Å². The van der Waals surface area contributed by atoms with Crippen molar-refractivity contribution in [2.75, 3.05) is 0 Å². The minimum atomic E-state index is -1.30. The minimum absolute atomic E-state index is 0.114. The molecule has 0 fully saturated rings. The van der Waals surface area contributed by atoms with E-state index in [2.05, 4.69) is 5.32 Å². The molecule has 124 valence electrons. The third-order valence-electron chi connectivity index (χ3n) is 3.76. The number of carboxylic acids is 1. The number of halogens is 1. The summed E-state index contributed by atoms with van der Waals surface area (Å²) < 4.78 is 12.8. The largest absolute Gasteiger partial charge is 0.478 e. The summed E-state index contributed by atoms with van der Waals surface area (Å²) in [7, 11) is -1.30. The second-order valence-corrected chi connectivity index (χ2v) is 8.21. The van der Waals surface area contributed by atoms with Crippen LogP contribution in [0.25, 0.3) is 0 Å². The number of allylic oxidation sites excluding steroid dienone is 3. The van der Waals surface area contributed by atoms with Gasteiger partial charge in [-0.15, -0.1) is 0 Å². The van der Waals surface area contributed by atoms with E-state index in [-0.39, 0.29) is 10.8 Å². The van der Waals surface area contributed by atoms with Crippen molar-refractivity contribution in [3.63, 3.8) is 0 Å². The Balaban J connectivity index is 2.71. The Morgan fingerprint density at radius 2 is 1.96 bits per heavy atom. The Morgan fingerprint density at radius 3 is 2.48 bits per heavy atom. The zero-order valence-corrected chi connectivity index (χ0v) is 15.1. The van der Waals surface area contributed by atoms with E-state index in [0.717, 1.165) is 11.3 Å². The molecule has 2 unspecified atom stereocenters. The van der Waals surface area contributed by atoms with E-state index in [4.69, 9.17) is 11.6 Å². The molecule has 0 aromatic heterocycles. The number of benzene rings is 1. The zero-order chi connectivity index (χ0) is 17.3. The fraction of sp³-hybridized carbons (Fsp3) is 0.353. The normalized spacial score (nSPS) is 19.8. The monoisotopic (exact) mass is 353 g/mol. The Bertz CT molecular complexity index is 737. The maximum atomic E-state index is 12.8. The van der Waals surface area contributed by atoms with Crippen LogP contribution in [0, 0.1) is 0 Å². The predicted octanol–water partition coefficient (Wildman–Crippen LogP) is 3.77. The SMILES string of the molecule is CC1=C(C(=O)O)C(c2cccc(Cl)c2)C(S(=O)C(C)C)=C(C)N1. The van der Waals surface area contributed by atoms with Gasteiger partial charge in [0.2, 0.25) is 0 Å². The van der Waals surface area contributed by atoms with E-state index in [1.54, 1.807) is 25.1 Å². The Kier molecular flexibility index (Phi) is 5.32. The number of hydrogen-bond acceptors (Lipinski definition) is 3. The maximum Gasteiger partial charge on any atom is 0.334 e. The van der Waals surface area contributed by atoms with Gasteiger partial charge in [-0.2, -0.15) is 0 Å². The molecule has 23 heavy (non-hydrogen) atoms. The highest BCUT2D eigenvalue weighted by molar-refractivity contribution is 7.89. The van der Waals surface area contributed by atoms with Crippen LogP contribution in [-0.4, -0.2) is 20.5 Å². The van der Waals surface area contributed by atoms with Crippen molar-refractivity contribution in [2.24, 2.45) is 0 Å². The second-order valence-electron chi connectivity index (χ2n) is 5.79. The van der Waals surface area contributed by atoms with Crippen molar-refractivity contribution in [3.8, 4) is 0 Å². The van der Waals surface area contributed by atoms with Crippen LogP contribution >= 0.6 is 11.6 Å². The number of hydrogen-bond donors (Lipinski definition) is 2. The third kappa shape index (κ3) is 3.51. The number of nitrogens with one attached hydrogen (secondary N) is 1. The smallest absolute Gasteiger partial charge is 0.334 e. The van der Waals surface area contributed by atoms with Gasteiger partial charge in [0.05, 0.1) is 22.3 Å². The molecule has 4 nitrogen and oxygen atoms in total. The number of rotatable bonds is 4. The quantitative estimate of drug-likeness (QED) is 0.864. The van der Waals surface area contributed by atoms with Crippen molar-refractivity contribution in [1.29, 1.82) is 0 Å². The molecular formula is C17H20ClNO3S. The predicted molar refractivity (Wildman–Crippen MR) is 93.6 cm³/mol. The first-order chi connectivity index (χ1) is 10.7. The summed E-state index contributed by atoms with van der Waals surface area (Å²) in [6.07, 6.45) is 0. The first-order valence-electron chi connectivity index (χ1n) is 7.32. The van der Waals surface area contributed by atoms with Crippen molar-refractivity contribution >= 4 is 28.4 Å². The maximum absolute atomic E-state index is 12.8. The summed E-state index contributed by atoms with van der Waals surface area (Å²) in [4.78, 5) is 12.4. The van der Waals surface area contributed by atoms with Crippen molar-refractivity contribution in [1.82, 2.24) is 5.32 Å². The lowest BCUT2D eigenvalue weighted by Gasteiger charge is -2.31. The van der Waals surface area contributed by atoms with Crippen LogP contribution < -0.4 is 5.32 Å². The molecule has 2 N–H and O–H groups in total. The molecule has 0 saturated carbocycles. The van der Waals surface area contributed by atoms with Crippen LogP contribution in [0.5, 0.6) is 0 Å².